The number of hydrogen-bond acceptors (Lipinski definition) is 3. The Bertz CT molecular complexity index is 634. The third kappa shape index (κ3) is 3.76. The van der Waals surface area contributed by atoms with E-state index in [4.69, 9.17) is 11.6 Å². The van der Waals surface area contributed by atoms with Gasteiger partial charge in [-0.1, -0.05) is 23.7 Å². The minimum atomic E-state index is -0.466. The van der Waals surface area contributed by atoms with Crippen molar-refractivity contribution in [2.45, 2.75) is 13.1 Å². The molecule has 6 heteroatoms. The van der Waals surface area contributed by atoms with Crippen molar-refractivity contribution >= 4 is 17.3 Å². The summed E-state index contributed by atoms with van der Waals surface area (Å²) >= 11 is 5.99. The summed E-state index contributed by atoms with van der Waals surface area (Å²) in [4.78, 5) is 10.2. The molecule has 4 nitrogen and oxygen atoms in total. The number of nitrogens with one attached hydrogen (secondary N) is 1. The molecule has 1 N–H and O–H groups in total. The van der Waals surface area contributed by atoms with Crippen LogP contribution >= 0.6 is 11.6 Å². The molecule has 0 saturated heterocycles. The summed E-state index contributed by atoms with van der Waals surface area (Å²) in [6.45, 7) is 0.827. The summed E-state index contributed by atoms with van der Waals surface area (Å²) in [5.74, 6) is -0.294. The van der Waals surface area contributed by atoms with Crippen LogP contribution < -0.4 is 5.32 Å². The SMILES string of the molecule is O=[N+]([O-])c1ccc(Cl)c(CNCc2cccc(F)c2)c1. The second-order valence-electron chi connectivity index (χ2n) is 4.27. The summed E-state index contributed by atoms with van der Waals surface area (Å²) in [6.07, 6.45) is 0. The largest absolute Gasteiger partial charge is 0.309 e. The van der Waals surface area contributed by atoms with E-state index in [1.54, 1.807) is 12.1 Å². The lowest BCUT2D eigenvalue weighted by molar-refractivity contribution is -0.384. The molecule has 2 rings (SSSR count). The highest BCUT2D eigenvalue weighted by Crippen LogP contribution is 2.21. The first kappa shape index (κ1) is 14.4. The van der Waals surface area contributed by atoms with Gasteiger partial charge in [-0.05, 0) is 29.3 Å². The van der Waals surface area contributed by atoms with E-state index >= 15 is 0 Å². The molecule has 2 aromatic carbocycles. The second-order valence-corrected chi connectivity index (χ2v) is 4.67. The predicted molar refractivity (Wildman–Crippen MR) is 75.1 cm³/mol. The Kier molecular flexibility index (Phi) is 4.65. The summed E-state index contributed by atoms with van der Waals surface area (Å²) < 4.78 is 13.0. The first-order valence-electron chi connectivity index (χ1n) is 5.94. The number of halogens is 2. The van der Waals surface area contributed by atoms with Gasteiger partial charge >= 0.3 is 0 Å². The van der Waals surface area contributed by atoms with E-state index in [-0.39, 0.29) is 11.5 Å². The number of rotatable bonds is 5. The van der Waals surface area contributed by atoms with Gasteiger partial charge in [0.05, 0.1) is 4.92 Å². The molecule has 0 aliphatic heterocycles. The number of nitro benzene ring substituents is 1. The highest BCUT2D eigenvalue weighted by atomic mass is 35.5. The van der Waals surface area contributed by atoms with Gasteiger partial charge in [0.2, 0.25) is 0 Å². The van der Waals surface area contributed by atoms with Crippen LogP contribution in [0.25, 0.3) is 0 Å². The van der Waals surface area contributed by atoms with E-state index in [2.05, 4.69) is 5.32 Å². The Morgan fingerprint density at radius 3 is 2.70 bits per heavy atom. The molecule has 0 aliphatic rings. The van der Waals surface area contributed by atoms with E-state index in [0.29, 0.717) is 23.7 Å². The normalized spacial score (nSPS) is 10.5. The molecule has 104 valence electrons. The first-order valence-corrected chi connectivity index (χ1v) is 6.32. The zero-order chi connectivity index (χ0) is 14.5. The van der Waals surface area contributed by atoms with E-state index in [0.717, 1.165) is 5.56 Å². The van der Waals surface area contributed by atoms with Crippen LogP contribution in [-0.2, 0) is 13.1 Å². The van der Waals surface area contributed by atoms with Crippen LogP contribution in [0.5, 0.6) is 0 Å². The van der Waals surface area contributed by atoms with Crippen LogP contribution in [-0.4, -0.2) is 4.92 Å². The molecule has 0 spiro atoms. The van der Waals surface area contributed by atoms with Crippen molar-refractivity contribution in [2.75, 3.05) is 0 Å². The molecule has 0 bridgehead atoms. The molecule has 0 fully saturated rings. The molecule has 2 aromatic rings. The van der Waals surface area contributed by atoms with Crippen molar-refractivity contribution in [3.8, 4) is 0 Å². The first-order chi connectivity index (χ1) is 9.56. The molecule has 0 aliphatic carbocycles. The van der Waals surface area contributed by atoms with Gasteiger partial charge in [0.1, 0.15) is 5.82 Å². The minimum absolute atomic E-state index is 0.00282. The van der Waals surface area contributed by atoms with Gasteiger partial charge in [-0.3, -0.25) is 10.1 Å². The third-order valence-corrected chi connectivity index (χ3v) is 3.14. The smallest absolute Gasteiger partial charge is 0.269 e. The van der Waals surface area contributed by atoms with Crippen LogP contribution in [0, 0.1) is 15.9 Å². The quantitative estimate of drug-likeness (QED) is 0.676. The summed E-state index contributed by atoms with van der Waals surface area (Å²) in [5.41, 5.74) is 1.43. The van der Waals surface area contributed by atoms with Gasteiger partial charge in [-0.25, -0.2) is 4.39 Å². The fourth-order valence-electron chi connectivity index (χ4n) is 1.80. The van der Waals surface area contributed by atoms with Crippen LogP contribution in [0.4, 0.5) is 10.1 Å². The number of non-ortho nitro benzene ring substituents is 1. The topological polar surface area (TPSA) is 55.2 Å². The standard InChI is InChI=1S/C14H12ClFN2O2/c15-14-5-4-13(18(19)20)7-11(14)9-17-8-10-2-1-3-12(16)6-10/h1-7,17H,8-9H2. The third-order valence-electron chi connectivity index (χ3n) is 2.77. The van der Waals surface area contributed by atoms with Crippen molar-refractivity contribution < 1.29 is 9.31 Å². The Morgan fingerprint density at radius 2 is 2.00 bits per heavy atom. The maximum Gasteiger partial charge on any atom is 0.269 e. The van der Waals surface area contributed by atoms with Crippen LogP contribution in [0.15, 0.2) is 42.5 Å². The molecule has 0 atom stereocenters. The van der Waals surface area contributed by atoms with Crippen LogP contribution in [0.1, 0.15) is 11.1 Å². The van der Waals surface area contributed by atoms with Gasteiger partial charge in [-0.2, -0.15) is 0 Å². The summed E-state index contributed by atoms with van der Waals surface area (Å²) in [5, 5.41) is 14.2. The van der Waals surface area contributed by atoms with Gasteiger partial charge in [0.15, 0.2) is 0 Å². The average molecular weight is 295 g/mol. The van der Waals surface area contributed by atoms with Gasteiger partial charge in [0, 0.05) is 30.2 Å². The molecule has 0 amide bonds. The Morgan fingerprint density at radius 1 is 1.20 bits per heavy atom. The zero-order valence-electron chi connectivity index (χ0n) is 10.5. The summed E-state index contributed by atoms with van der Waals surface area (Å²) in [7, 11) is 0. The molecule has 0 radical (unpaired) electrons. The van der Waals surface area contributed by atoms with Crippen molar-refractivity contribution in [1.82, 2.24) is 5.32 Å². The van der Waals surface area contributed by atoms with Crippen LogP contribution in [0.3, 0.4) is 0 Å². The highest BCUT2D eigenvalue weighted by Gasteiger charge is 2.09. The van der Waals surface area contributed by atoms with Crippen molar-refractivity contribution in [3.63, 3.8) is 0 Å². The lowest BCUT2D eigenvalue weighted by Crippen LogP contribution is -2.13. The molecular formula is C14H12ClFN2O2. The lowest BCUT2D eigenvalue weighted by Gasteiger charge is -2.07. The van der Waals surface area contributed by atoms with Gasteiger partial charge in [0.25, 0.3) is 5.69 Å². The Hall–Kier alpha value is -1.98. The van der Waals surface area contributed by atoms with Crippen molar-refractivity contribution in [2.24, 2.45) is 0 Å². The zero-order valence-corrected chi connectivity index (χ0v) is 11.2. The molecular weight excluding hydrogens is 283 g/mol. The maximum absolute atomic E-state index is 13.0. The Labute approximate surface area is 120 Å². The monoisotopic (exact) mass is 294 g/mol. The maximum atomic E-state index is 13.0. The van der Waals surface area contributed by atoms with Gasteiger partial charge in [-0.15, -0.1) is 0 Å². The van der Waals surface area contributed by atoms with Crippen molar-refractivity contribution in [1.29, 1.82) is 0 Å². The highest BCUT2D eigenvalue weighted by molar-refractivity contribution is 6.31. The fraction of sp³-hybridized carbons (Fsp3) is 0.143. The van der Waals surface area contributed by atoms with E-state index in [1.165, 1.54) is 30.3 Å². The average Bonchev–Trinajstić information content (AvgIpc) is 2.40. The molecule has 0 heterocycles. The number of hydrogen-bond donors (Lipinski definition) is 1. The summed E-state index contributed by atoms with van der Waals surface area (Å²) in [6, 6.07) is 10.5. The second kappa shape index (κ2) is 6.45. The number of nitrogens with zero attached hydrogens (tertiary/aromatic N) is 1. The van der Waals surface area contributed by atoms with Crippen LogP contribution in [0.2, 0.25) is 5.02 Å². The predicted octanol–water partition coefficient (Wildman–Crippen LogP) is 3.68. The molecule has 0 unspecified atom stereocenters. The fourth-order valence-corrected chi connectivity index (χ4v) is 1.98. The molecule has 0 aromatic heterocycles. The van der Waals surface area contributed by atoms with E-state index < -0.39 is 4.92 Å². The lowest BCUT2D eigenvalue weighted by atomic mass is 10.2. The van der Waals surface area contributed by atoms with E-state index in [1.807, 2.05) is 0 Å². The molecule has 20 heavy (non-hydrogen) atoms. The molecule has 0 saturated carbocycles. The Balaban J connectivity index is 2.00. The number of benzene rings is 2. The van der Waals surface area contributed by atoms with Crippen molar-refractivity contribution in [3.05, 3.63) is 74.5 Å². The number of nitro groups is 1. The van der Waals surface area contributed by atoms with E-state index in [9.17, 15) is 14.5 Å². The van der Waals surface area contributed by atoms with Gasteiger partial charge < -0.3 is 5.32 Å². The minimum Gasteiger partial charge on any atom is -0.309 e.